The second kappa shape index (κ2) is 7.10. The molecule has 0 amide bonds. The first-order valence-corrected chi connectivity index (χ1v) is 8.80. The maximum Gasteiger partial charge on any atom is 0.134 e. The van der Waals surface area contributed by atoms with Gasteiger partial charge in [-0.25, -0.2) is 4.98 Å². The minimum absolute atomic E-state index is 0.528. The third-order valence-electron chi connectivity index (χ3n) is 3.15. The molecule has 0 aliphatic carbocycles. The van der Waals surface area contributed by atoms with E-state index in [1.807, 2.05) is 47.8 Å². The number of rotatable bonds is 3. The monoisotopic (exact) mass is 400 g/mol. The molecule has 0 spiro atoms. The lowest BCUT2D eigenvalue weighted by Crippen LogP contribution is -1.83. The van der Waals surface area contributed by atoms with Crippen molar-refractivity contribution < 1.29 is 0 Å². The molecular weight excluding hydrogens is 392 g/mol. The Bertz CT molecular complexity index is 907. The van der Waals surface area contributed by atoms with Crippen LogP contribution in [0, 0.1) is 11.3 Å². The van der Waals surface area contributed by atoms with Gasteiger partial charge in [-0.3, -0.25) is 0 Å². The summed E-state index contributed by atoms with van der Waals surface area (Å²) in [6.07, 6.45) is 1.80. The summed E-state index contributed by atoms with van der Waals surface area (Å²) in [7, 11) is 0. The summed E-state index contributed by atoms with van der Waals surface area (Å²) in [6.45, 7) is 0. The molecule has 0 saturated heterocycles. The molecule has 112 valence electrons. The van der Waals surface area contributed by atoms with Crippen LogP contribution in [0.2, 0.25) is 5.02 Å². The van der Waals surface area contributed by atoms with Crippen LogP contribution in [0.25, 0.3) is 22.9 Å². The van der Waals surface area contributed by atoms with Crippen LogP contribution in [0.15, 0.2) is 58.4 Å². The van der Waals surface area contributed by atoms with Crippen LogP contribution in [0.1, 0.15) is 10.6 Å². The Balaban J connectivity index is 1.94. The van der Waals surface area contributed by atoms with E-state index in [1.54, 1.807) is 12.1 Å². The summed E-state index contributed by atoms with van der Waals surface area (Å²) in [4.78, 5) is 4.58. The zero-order valence-corrected chi connectivity index (χ0v) is 15.0. The van der Waals surface area contributed by atoms with E-state index in [9.17, 15) is 5.26 Å². The molecule has 0 saturated carbocycles. The second-order valence-electron chi connectivity index (χ2n) is 4.77. The highest BCUT2D eigenvalue weighted by atomic mass is 79.9. The molecule has 0 unspecified atom stereocenters. The van der Waals surface area contributed by atoms with Crippen molar-refractivity contribution in [2.24, 2.45) is 0 Å². The van der Waals surface area contributed by atoms with Gasteiger partial charge in [-0.05, 0) is 35.9 Å². The van der Waals surface area contributed by atoms with Gasteiger partial charge < -0.3 is 0 Å². The summed E-state index contributed by atoms with van der Waals surface area (Å²) < 4.78 is 1.02. The van der Waals surface area contributed by atoms with Gasteiger partial charge in [0, 0.05) is 20.4 Å². The lowest BCUT2D eigenvalue weighted by molar-refractivity contribution is 1.37. The number of allylic oxidation sites excluding steroid dienone is 1. The molecule has 0 aliphatic rings. The quantitative estimate of drug-likeness (QED) is 0.483. The van der Waals surface area contributed by atoms with E-state index < -0.39 is 0 Å². The Hall–Kier alpha value is -1.93. The molecule has 1 aromatic heterocycles. The summed E-state index contributed by atoms with van der Waals surface area (Å²) >= 11 is 10.9. The fraction of sp³-hybridized carbons (Fsp3) is 0. The van der Waals surface area contributed by atoms with Crippen molar-refractivity contribution in [3.8, 4) is 17.3 Å². The van der Waals surface area contributed by atoms with Gasteiger partial charge in [0.1, 0.15) is 11.1 Å². The van der Waals surface area contributed by atoms with E-state index in [1.165, 1.54) is 11.3 Å². The number of aromatic nitrogens is 1. The van der Waals surface area contributed by atoms with Gasteiger partial charge in [-0.15, -0.1) is 11.3 Å². The number of benzene rings is 2. The van der Waals surface area contributed by atoms with E-state index in [2.05, 4.69) is 27.0 Å². The van der Waals surface area contributed by atoms with Gasteiger partial charge in [0.25, 0.3) is 0 Å². The molecule has 0 N–H and O–H groups in total. The van der Waals surface area contributed by atoms with E-state index >= 15 is 0 Å². The standard InChI is InChI=1S/C18H10BrClN2S/c19-15-6-4-13(5-7-15)17-11-23-18(22-17)14(10-21)8-12-2-1-3-16(20)9-12/h1-9,11H/b14-8+. The largest absolute Gasteiger partial charge is 0.235 e. The van der Waals surface area contributed by atoms with Gasteiger partial charge in [-0.1, -0.05) is 51.8 Å². The number of halogens is 2. The van der Waals surface area contributed by atoms with E-state index in [0.29, 0.717) is 15.6 Å². The Labute approximate surface area is 151 Å². The van der Waals surface area contributed by atoms with Crippen molar-refractivity contribution in [2.75, 3.05) is 0 Å². The lowest BCUT2D eigenvalue weighted by atomic mass is 10.1. The SMILES string of the molecule is N#C/C(=C\c1cccc(Cl)c1)c1nc(-c2ccc(Br)cc2)cs1. The van der Waals surface area contributed by atoms with Crippen LogP contribution >= 0.6 is 38.9 Å². The molecule has 0 aliphatic heterocycles. The molecule has 3 aromatic rings. The van der Waals surface area contributed by atoms with Crippen LogP contribution in [-0.4, -0.2) is 4.98 Å². The Kier molecular flexibility index (Phi) is 4.92. The molecule has 0 atom stereocenters. The first-order valence-electron chi connectivity index (χ1n) is 6.75. The molecule has 0 fully saturated rings. The molecule has 0 bridgehead atoms. The topological polar surface area (TPSA) is 36.7 Å². The summed E-state index contributed by atoms with van der Waals surface area (Å²) in [6, 6.07) is 17.6. The third-order valence-corrected chi connectivity index (χ3v) is 4.79. The molecule has 2 aromatic carbocycles. The molecular formula is C18H10BrClN2S. The maximum atomic E-state index is 9.44. The summed E-state index contributed by atoms with van der Waals surface area (Å²) in [5.74, 6) is 0. The highest BCUT2D eigenvalue weighted by Gasteiger charge is 2.09. The number of nitriles is 1. The normalized spacial score (nSPS) is 11.3. The molecule has 5 heteroatoms. The Morgan fingerprint density at radius 1 is 1.22 bits per heavy atom. The number of hydrogen-bond donors (Lipinski definition) is 0. The average Bonchev–Trinajstić information content (AvgIpc) is 3.03. The fourth-order valence-electron chi connectivity index (χ4n) is 2.06. The minimum Gasteiger partial charge on any atom is -0.235 e. The van der Waals surface area contributed by atoms with Crippen molar-refractivity contribution in [2.45, 2.75) is 0 Å². The van der Waals surface area contributed by atoms with Gasteiger partial charge in [0.05, 0.1) is 11.3 Å². The van der Waals surface area contributed by atoms with E-state index in [0.717, 1.165) is 21.3 Å². The highest BCUT2D eigenvalue weighted by molar-refractivity contribution is 9.10. The third kappa shape index (κ3) is 3.89. The van der Waals surface area contributed by atoms with Gasteiger partial charge >= 0.3 is 0 Å². The highest BCUT2D eigenvalue weighted by Crippen LogP contribution is 2.28. The van der Waals surface area contributed by atoms with Crippen molar-refractivity contribution in [3.63, 3.8) is 0 Å². The first kappa shape index (κ1) is 15.9. The Morgan fingerprint density at radius 2 is 2.00 bits per heavy atom. The van der Waals surface area contributed by atoms with Crippen LogP contribution in [-0.2, 0) is 0 Å². The number of hydrogen-bond acceptors (Lipinski definition) is 3. The van der Waals surface area contributed by atoms with Crippen LogP contribution < -0.4 is 0 Å². The summed E-state index contributed by atoms with van der Waals surface area (Å²) in [5, 5.41) is 12.7. The number of thiazole rings is 1. The molecule has 3 rings (SSSR count). The van der Waals surface area contributed by atoms with E-state index in [4.69, 9.17) is 11.6 Å². The van der Waals surface area contributed by atoms with Gasteiger partial charge in [0.15, 0.2) is 0 Å². The number of nitrogens with zero attached hydrogens (tertiary/aromatic N) is 2. The van der Waals surface area contributed by atoms with Crippen molar-refractivity contribution in [3.05, 3.63) is 74.0 Å². The molecule has 0 radical (unpaired) electrons. The van der Waals surface area contributed by atoms with Crippen molar-refractivity contribution in [1.29, 1.82) is 5.26 Å². The van der Waals surface area contributed by atoms with Crippen molar-refractivity contribution >= 4 is 50.5 Å². The first-order chi connectivity index (χ1) is 11.2. The summed E-state index contributed by atoms with van der Waals surface area (Å²) in [5.41, 5.74) is 3.30. The predicted octanol–water partition coefficient (Wildman–Crippen LogP) is 6.29. The maximum absolute atomic E-state index is 9.44. The zero-order chi connectivity index (χ0) is 16.2. The average molecular weight is 402 g/mol. The van der Waals surface area contributed by atoms with Gasteiger partial charge in [-0.2, -0.15) is 5.26 Å². The zero-order valence-electron chi connectivity index (χ0n) is 11.8. The van der Waals surface area contributed by atoms with Crippen LogP contribution in [0.4, 0.5) is 0 Å². The van der Waals surface area contributed by atoms with Crippen LogP contribution in [0.5, 0.6) is 0 Å². The predicted molar refractivity (Wildman–Crippen MR) is 100 cm³/mol. The minimum atomic E-state index is 0.528. The Morgan fingerprint density at radius 3 is 2.70 bits per heavy atom. The van der Waals surface area contributed by atoms with Gasteiger partial charge in [0.2, 0.25) is 0 Å². The van der Waals surface area contributed by atoms with Crippen LogP contribution in [0.3, 0.4) is 0 Å². The second-order valence-corrected chi connectivity index (χ2v) is 6.98. The molecule has 1 heterocycles. The molecule has 2 nitrogen and oxygen atoms in total. The smallest absolute Gasteiger partial charge is 0.134 e. The lowest BCUT2D eigenvalue weighted by Gasteiger charge is -1.98. The molecule has 23 heavy (non-hydrogen) atoms. The van der Waals surface area contributed by atoms with Crippen molar-refractivity contribution in [1.82, 2.24) is 4.98 Å². The fourth-order valence-corrected chi connectivity index (χ4v) is 3.31. The van der Waals surface area contributed by atoms with E-state index in [-0.39, 0.29) is 0 Å².